The predicted octanol–water partition coefficient (Wildman–Crippen LogP) is 2.87. The van der Waals surface area contributed by atoms with Gasteiger partial charge in [0.2, 0.25) is 0 Å². The fourth-order valence-electron chi connectivity index (χ4n) is 2.86. The molecule has 1 atom stereocenters. The van der Waals surface area contributed by atoms with Gasteiger partial charge in [-0.25, -0.2) is 0 Å². The second kappa shape index (κ2) is 4.32. The Morgan fingerprint density at radius 2 is 1.94 bits per heavy atom. The van der Waals surface area contributed by atoms with E-state index in [9.17, 15) is 4.79 Å². The highest BCUT2D eigenvalue weighted by molar-refractivity contribution is 6.01. The summed E-state index contributed by atoms with van der Waals surface area (Å²) in [7, 11) is 0. The van der Waals surface area contributed by atoms with E-state index in [-0.39, 0.29) is 11.7 Å². The van der Waals surface area contributed by atoms with E-state index in [0.717, 1.165) is 17.6 Å². The Morgan fingerprint density at radius 1 is 1.39 bits per heavy atom. The van der Waals surface area contributed by atoms with Crippen molar-refractivity contribution in [3.05, 3.63) is 23.8 Å². The molecule has 1 spiro atoms. The SMILES string of the molecule is C=C(C)[C@H]1CC=C(C)C(=O)C12COC(C)(C)OC2. The van der Waals surface area contributed by atoms with Gasteiger partial charge >= 0.3 is 0 Å². The van der Waals surface area contributed by atoms with Crippen LogP contribution in [0.4, 0.5) is 0 Å². The average molecular weight is 250 g/mol. The van der Waals surface area contributed by atoms with Crippen molar-refractivity contribution in [2.24, 2.45) is 11.3 Å². The molecule has 0 unspecified atom stereocenters. The number of allylic oxidation sites excluding steroid dienone is 3. The maximum Gasteiger partial charge on any atom is 0.169 e. The molecule has 1 fully saturated rings. The first-order valence-electron chi connectivity index (χ1n) is 6.43. The minimum absolute atomic E-state index is 0.116. The van der Waals surface area contributed by atoms with Crippen molar-refractivity contribution in [3.63, 3.8) is 0 Å². The van der Waals surface area contributed by atoms with Crippen molar-refractivity contribution in [2.45, 2.75) is 39.9 Å². The van der Waals surface area contributed by atoms with Gasteiger partial charge in [0, 0.05) is 5.92 Å². The van der Waals surface area contributed by atoms with Crippen molar-refractivity contribution < 1.29 is 14.3 Å². The van der Waals surface area contributed by atoms with E-state index in [2.05, 4.69) is 6.58 Å². The lowest BCUT2D eigenvalue weighted by atomic mass is 9.64. The van der Waals surface area contributed by atoms with E-state index < -0.39 is 11.2 Å². The Morgan fingerprint density at radius 3 is 2.44 bits per heavy atom. The van der Waals surface area contributed by atoms with Gasteiger partial charge in [-0.1, -0.05) is 18.2 Å². The molecule has 0 N–H and O–H groups in total. The molecule has 2 aliphatic rings. The van der Waals surface area contributed by atoms with Crippen LogP contribution in [0, 0.1) is 11.3 Å². The molecule has 0 aromatic carbocycles. The Balaban J connectivity index is 2.35. The molecule has 0 radical (unpaired) electrons. The van der Waals surface area contributed by atoms with Crippen LogP contribution in [0.5, 0.6) is 0 Å². The highest BCUT2D eigenvalue weighted by atomic mass is 16.7. The smallest absolute Gasteiger partial charge is 0.169 e. The van der Waals surface area contributed by atoms with E-state index in [1.165, 1.54) is 0 Å². The lowest BCUT2D eigenvalue weighted by molar-refractivity contribution is -0.285. The van der Waals surface area contributed by atoms with Crippen molar-refractivity contribution in [2.75, 3.05) is 13.2 Å². The average Bonchev–Trinajstić information content (AvgIpc) is 2.29. The minimum Gasteiger partial charge on any atom is -0.349 e. The van der Waals surface area contributed by atoms with Gasteiger partial charge in [-0.05, 0) is 39.7 Å². The van der Waals surface area contributed by atoms with Crippen LogP contribution in [0.3, 0.4) is 0 Å². The first-order chi connectivity index (χ1) is 8.28. The second-order valence-corrected chi connectivity index (χ2v) is 5.98. The number of hydrogen-bond acceptors (Lipinski definition) is 3. The summed E-state index contributed by atoms with van der Waals surface area (Å²) in [5, 5.41) is 0. The first-order valence-corrected chi connectivity index (χ1v) is 6.43. The van der Waals surface area contributed by atoms with Crippen LogP contribution in [0.1, 0.15) is 34.1 Å². The monoisotopic (exact) mass is 250 g/mol. The van der Waals surface area contributed by atoms with Gasteiger partial charge in [-0.15, -0.1) is 0 Å². The van der Waals surface area contributed by atoms with Gasteiger partial charge in [0.1, 0.15) is 0 Å². The summed E-state index contributed by atoms with van der Waals surface area (Å²) < 4.78 is 11.5. The molecule has 0 saturated carbocycles. The number of Topliss-reactive ketones (excluding diaryl/α,β-unsaturated/α-hetero) is 1. The van der Waals surface area contributed by atoms with Crippen LogP contribution in [0.2, 0.25) is 0 Å². The molecular formula is C15H22O3. The number of ether oxygens (including phenoxy) is 2. The molecule has 0 aromatic heterocycles. The molecule has 3 nitrogen and oxygen atoms in total. The summed E-state index contributed by atoms with van der Waals surface area (Å²) in [5.74, 6) is -0.331. The summed E-state index contributed by atoms with van der Waals surface area (Å²) in [5.41, 5.74) is 1.28. The predicted molar refractivity (Wildman–Crippen MR) is 70.1 cm³/mol. The van der Waals surface area contributed by atoms with Crippen LogP contribution in [0.15, 0.2) is 23.8 Å². The third-order valence-electron chi connectivity index (χ3n) is 4.09. The largest absolute Gasteiger partial charge is 0.349 e. The van der Waals surface area contributed by atoms with Crippen LogP contribution >= 0.6 is 0 Å². The molecule has 1 aliphatic heterocycles. The number of hydrogen-bond donors (Lipinski definition) is 0. The Hall–Kier alpha value is -0.930. The standard InChI is InChI=1S/C15H22O3/c1-10(2)12-7-6-11(3)13(16)15(12)8-17-14(4,5)18-9-15/h6,12H,1,7-9H2,2-5H3/t12-/m1/s1. The molecule has 0 aromatic rings. The zero-order chi connectivity index (χ0) is 13.6. The summed E-state index contributed by atoms with van der Waals surface area (Å²) >= 11 is 0. The number of ketones is 1. The molecule has 0 bridgehead atoms. The molecule has 3 heteroatoms. The van der Waals surface area contributed by atoms with Crippen molar-refractivity contribution in [3.8, 4) is 0 Å². The number of carbonyl (C=O) groups excluding carboxylic acids is 1. The minimum atomic E-state index is -0.597. The summed E-state index contributed by atoms with van der Waals surface area (Å²) in [6.45, 7) is 12.5. The zero-order valence-corrected chi connectivity index (χ0v) is 11.7. The normalized spacial score (nSPS) is 30.1. The van der Waals surface area contributed by atoms with E-state index in [4.69, 9.17) is 9.47 Å². The molecular weight excluding hydrogens is 228 g/mol. The lowest BCUT2D eigenvalue weighted by Gasteiger charge is -2.48. The van der Waals surface area contributed by atoms with Gasteiger partial charge in [-0.3, -0.25) is 4.79 Å². The van der Waals surface area contributed by atoms with Crippen LogP contribution in [-0.4, -0.2) is 24.8 Å². The summed E-state index contributed by atoms with van der Waals surface area (Å²) in [6, 6.07) is 0. The van der Waals surface area contributed by atoms with Gasteiger partial charge in [-0.2, -0.15) is 0 Å². The van der Waals surface area contributed by atoms with Gasteiger partial charge in [0.25, 0.3) is 0 Å². The van der Waals surface area contributed by atoms with Gasteiger partial charge in [0.05, 0.1) is 18.6 Å². The molecule has 100 valence electrons. The van der Waals surface area contributed by atoms with Crippen LogP contribution in [0.25, 0.3) is 0 Å². The van der Waals surface area contributed by atoms with Crippen LogP contribution in [-0.2, 0) is 14.3 Å². The maximum absolute atomic E-state index is 12.6. The van der Waals surface area contributed by atoms with Gasteiger partial charge < -0.3 is 9.47 Å². The molecule has 18 heavy (non-hydrogen) atoms. The summed E-state index contributed by atoms with van der Waals surface area (Å²) in [6.07, 6.45) is 2.85. The third kappa shape index (κ3) is 2.06. The molecule has 1 saturated heterocycles. The fourth-order valence-corrected chi connectivity index (χ4v) is 2.86. The zero-order valence-electron chi connectivity index (χ0n) is 11.7. The van der Waals surface area contributed by atoms with Crippen molar-refractivity contribution in [1.29, 1.82) is 0 Å². The molecule has 0 amide bonds. The number of rotatable bonds is 1. The van der Waals surface area contributed by atoms with Crippen LogP contribution < -0.4 is 0 Å². The highest BCUT2D eigenvalue weighted by Gasteiger charge is 2.52. The lowest BCUT2D eigenvalue weighted by Crippen LogP contribution is -2.56. The van der Waals surface area contributed by atoms with Crippen molar-refractivity contribution in [1.82, 2.24) is 0 Å². The topological polar surface area (TPSA) is 35.5 Å². The number of carbonyl (C=O) groups is 1. The Labute approximate surface area is 109 Å². The second-order valence-electron chi connectivity index (χ2n) is 5.98. The first kappa shape index (κ1) is 13.5. The Kier molecular flexibility index (Phi) is 3.24. The van der Waals surface area contributed by atoms with E-state index in [1.54, 1.807) is 0 Å². The van der Waals surface area contributed by atoms with E-state index in [0.29, 0.717) is 13.2 Å². The van der Waals surface area contributed by atoms with Gasteiger partial charge in [0.15, 0.2) is 11.6 Å². The molecule has 1 heterocycles. The maximum atomic E-state index is 12.6. The third-order valence-corrected chi connectivity index (χ3v) is 4.09. The molecule has 1 aliphatic carbocycles. The van der Waals surface area contributed by atoms with Crippen molar-refractivity contribution >= 4 is 5.78 Å². The quantitative estimate of drug-likeness (QED) is 0.671. The van der Waals surface area contributed by atoms with E-state index in [1.807, 2.05) is 33.8 Å². The highest BCUT2D eigenvalue weighted by Crippen LogP contribution is 2.45. The Bertz CT molecular complexity index is 407. The van der Waals surface area contributed by atoms with E-state index >= 15 is 0 Å². The molecule has 2 rings (SSSR count). The fraction of sp³-hybridized carbons (Fsp3) is 0.667. The summed E-state index contributed by atoms with van der Waals surface area (Å²) in [4.78, 5) is 12.6.